The van der Waals surface area contributed by atoms with Gasteiger partial charge < -0.3 is 10.6 Å². The zero-order valence-corrected chi connectivity index (χ0v) is 18.6. The van der Waals surface area contributed by atoms with E-state index >= 15 is 0 Å². The van der Waals surface area contributed by atoms with Crippen molar-refractivity contribution in [1.29, 1.82) is 0 Å². The number of halogens is 4. The maximum atomic E-state index is 13.8. The van der Waals surface area contributed by atoms with Gasteiger partial charge in [0.05, 0.1) is 16.3 Å². The third-order valence-corrected chi connectivity index (χ3v) is 5.83. The third kappa shape index (κ3) is 4.16. The highest BCUT2D eigenvalue weighted by Gasteiger charge is 2.37. The molecular weight excluding hydrogens is 483 g/mol. The number of fused-ring (bicyclic) bond motifs is 1. The number of aromatic nitrogens is 5. The van der Waals surface area contributed by atoms with Gasteiger partial charge in [0, 0.05) is 19.8 Å². The zero-order valence-electron chi connectivity index (χ0n) is 17.1. The molecule has 2 amide bonds. The number of hydrogen-bond donors (Lipinski definition) is 2. The number of hydrogen-bond acceptors (Lipinski definition) is 6. The Hall–Kier alpha value is -3.45. The maximum Gasteiger partial charge on any atom is 0.433 e. The summed E-state index contributed by atoms with van der Waals surface area (Å²) in [7, 11) is 1.40. The minimum atomic E-state index is -4.79. The average Bonchev–Trinajstić information content (AvgIpc) is 3.51. The van der Waals surface area contributed by atoms with Crippen molar-refractivity contribution in [2.75, 3.05) is 12.4 Å². The van der Waals surface area contributed by atoms with Gasteiger partial charge in [-0.15, -0.1) is 11.3 Å². The van der Waals surface area contributed by atoms with Gasteiger partial charge in [0.2, 0.25) is 0 Å². The van der Waals surface area contributed by atoms with E-state index in [9.17, 15) is 22.8 Å². The van der Waals surface area contributed by atoms with Gasteiger partial charge in [-0.2, -0.15) is 23.4 Å². The first-order valence-corrected chi connectivity index (χ1v) is 10.7. The molecule has 0 fully saturated rings. The van der Waals surface area contributed by atoms with E-state index in [1.807, 2.05) is 0 Å². The molecule has 172 valence electrons. The molecule has 0 aliphatic carbocycles. The summed E-state index contributed by atoms with van der Waals surface area (Å²) in [6.07, 6.45) is -3.37. The summed E-state index contributed by atoms with van der Waals surface area (Å²) in [6, 6.07) is 4.14. The Morgan fingerprint density at radius 1 is 1.21 bits per heavy atom. The van der Waals surface area contributed by atoms with Crippen LogP contribution in [0.4, 0.5) is 18.9 Å². The van der Waals surface area contributed by atoms with Crippen LogP contribution in [0.1, 0.15) is 33.6 Å². The topological polar surface area (TPSA) is 106 Å². The lowest BCUT2D eigenvalue weighted by Crippen LogP contribution is -2.22. The van der Waals surface area contributed by atoms with Gasteiger partial charge in [0.15, 0.2) is 22.7 Å². The fourth-order valence-corrected chi connectivity index (χ4v) is 3.96. The van der Waals surface area contributed by atoms with E-state index in [1.165, 1.54) is 29.3 Å². The van der Waals surface area contributed by atoms with Gasteiger partial charge in [0.25, 0.3) is 11.8 Å². The summed E-state index contributed by atoms with van der Waals surface area (Å²) < 4.78 is 43.2. The van der Waals surface area contributed by atoms with E-state index in [1.54, 1.807) is 24.4 Å². The number of aryl methyl sites for hydroxylation is 1. The molecule has 0 aliphatic heterocycles. The highest BCUT2D eigenvalue weighted by molar-refractivity contribution is 7.13. The Kier molecular flexibility index (Phi) is 5.84. The molecule has 9 nitrogen and oxygen atoms in total. The molecule has 4 aromatic rings. The van der Waals surface area contributed by atoms with Gasteiger partial charge >= 0.3 is 6.18 Å². The molecule has 4 heterocycles. The highest BCUT2D eigenvalue weighted by Crippen LogP contribution is 2.35. The summed E-state index contributed by atoms with van der Waals surface area (Å²) in [5.41, 5.74) is -1.91. The van der Waals surface area contributed by atoms with E-state index in [0.29, 0.717) is 15.9 Å². The molecule has 0 radical (unpaired) electrons. The van der Waals surface area contributed by atoms with Gasteiger partial charge in [0.1, 0.15) is 5.02 Å². The van der Waals surface area contributed by atoms with Crippen molar-refractivity contribution in [3.05, 3.63) is 51.9 Å². The Balaban J connectivity index is 1.81. The van der Waals surface area contributed by atoms with Crippen LogP contribution in [-0.4, -0.2) is 43.2 Å². The second-order valence-electron chi connectivity index (χ2n) is 6.68. The first-order valence-electron chi connectivity index (χ1n) is 9.45. The first-order chi connectivity index (χ1) is 15.6. The number of anilines is 1. The van der Waals surface area contributed by atoms with Crippen LogP contribution in [0.3, 0.4) is 0 Å². The lowest BCUT2D eigenvalue weighted by atomic mass is 10.2. The molecule has 0 aromatic carbocycles. The Morgan fingerprint density at radius 2 is 1.97 bits per heavy atom. The largest absolute Gasteiger partial charge is 0.433 e. The zero-order chi connectivity index (χ0) is 23.9. The highest BCUT2D eigenvalue weighted by atomic mass is 35.5. The van der Waals surface area contributed by atoms with Crippen LogP contribution in [-0.2, 0) is 12.7 Å². The molecule has 33 heavy (non-hydrogen) atoms. The van der Waals surface area contributed by atoms with E-state index in [4.69, 9.17) is 11.6 Å². The van der Waals surface area contributed by atoms with Crippen LogP contribution in [0.15, 0.2) is 29.8 Å². The molecule has 14 heteroatoms. The Bertz CT molecular complexity index is 1360. The van der Waals surface area contributed by atoms with E-state index in [0.717, 1.165) is 6.07 Å². The van der Waals surface area contributed by atoms with Gasteiger partial charge in [-0.05, 0) is 24.4 Å². The summed E-state index contributed by atoms with van der Waals surface area (Å²) in [6.45, 7) is 2.19. The number of nitrogens with one attached hydrogen (secondary N) is 2. The Labute approximate surface area is 193 Å². The lowest BCUT2D eigenvalue weighted by molar-refractivity contribution is -0.142. The molecule has 0 saturated heterocycles. The van der Waals surface area contributed by atoms with Crippen molar-refractivity contribution in [3.63, 3.8) is 0 Å². The van der Waals surface area contributed by atoms with Crippen molar-refractivity contribution in [1.82, 2.24) is 29.7 Å². The number of nitrogens with zero attached hydrogens (tertiary/aromatic N) is 5. The molecule has 0 atom stereocenters. The second kappa shape index (κ2) is 8.48. The van der Waals surface area contributed by atoms with Crippen LogP contribution < -0.4 is 10.6 Å². The van der Waals surface area contributed by atoms with E-state index < -0.39 is 29.4 Å². The maximum absolute atomic E-state index is 13.8. The molecule has 0 spiro atoms. The van der Waals surface area contributed by atoms with Crippen LogP contribution >= 0.6 is 22.9 Å². The number of amides is 2. The Morgan fingerprint density at radius 3 is 2.58 bits per heavy atom. The number of carbonyl (C=O) groups excluding carboxylic acids is 2. The minimum Gasteiger partial charge on any atom is -0.354 e. The van der Waals surface area contributed by atoms with Crippen molar-refractivity contribution in [3.8, 4) is 10.6 Å². The van der Waals surface area contributed by atoms with E-state index in [2.05, 4.69) is 25.8 Å². The predicted octanol–water partition coefficient (Wildman–Crippen LogP) is 3.96. The molecular formula is C19H15ClF3N7O2S. The van der Waals surface area contributed by atoms with Crippen LogP contribution in [0.2, 0.25) is 5.02 Å². The fraction of sp³-hybridized carbons (Fsp3) is 0.211. The van der Waals surface area contributed by atoms with Gasteiger partial charge in [-0.1, -0.05) is 17.7 Å². The summed E-state index contributed by atoms with van der Waals surface area (Å²) in [4.78, 5) is 29.7. The molecule has 4 rings (SSSR count). The van der Waals surface area contributed by atoms with Gasteiger partial charge in [-0.3, -0.25) is 14.3 Å². The molecule has 4 aromatic heterocycles. The SMILES string of the molecule is CCn1cc(NC(=O)c2nn3c(C(F)(F)F)cc(-c4cccs4)nc3c2Cl)c(C(=O)NC)n1. The number of rotatable bonds is 5. The molecule has 2 N–H and O–H groups in total. The first kappa shape index (κ1) is 22.7. The van der Waals surface area contributed by atoms with Crippen molar-refractivity contribution < 1.29 is 22.8 Å². The summed E-state index contributed by atoms with van der Waals surface area (Å²) in [5.74, 6) is -1.47. The molecule has 0 aliphatic rings. The molecule has 0 bridgehead atoms. The van der Waals surface area contributed by atoms with Gasteiger partial charge in [-0.25, -0.2) is 9.50 Å². The number of alkyl halides is 3. The summed E-state index contributed by atoms with van der Waals surface area (Å²) in [5, 5.41) is 14.0. The molecule has 0 unspecified atom stereocenters. The number of thiophene rings is 1. The van der Waals surface area contributed by atoms with Crippen LogP contribution in [0.25, 0.3) is 16.2 Å². The smallest absolute Gasteiger partial charge is 0.354 e. The lowest BCUT2D eigenvalue weighted by Gasteiger charge is -2.10. The standard InChI is InChI=1S/C19H15ClF3N7O2S/c1-3-29-8-10(14(27-29)17(31)24-2)26-18(32)15-13(20)16-25-9(11-5-4-6-33-11)7-12(19(21,22)23)30(16)28-15/h4-8H,3H2,1-2H3,(H,24,31)(H,26,32). The normalized spacial score (nSPS) is 11.7. The second-order valence-corrected chi connectivity index (χ2v) is 8.01. The van der Waals surface area contributed by atoms with Crippen molar-refractivity contribution in [2.45, 2.75) is 19.6 Å². The minimum absolute atomic E-state index is 0.0460. The van der Waals surface area contributed by atoms with Crippen molar-refractivity contribution >= 4 is 46.1 Å². The quantitative estimate of drug-likeness (QED) is 0.434. The predicted molar refractivity (Wildman–Crippen MR) is 116 cm³/mol. The number of carbonyl (C=O) groups is 2. The monoisotopic (exact) mass is 497 g/mol. The van der Waals surface area contributed by atoms with Crippen LogP contribution in [0, 0.1) is 0 Å². The average molecular weight is 498 g/mol. The fourth-order valence-electron chi connectivity index (χ4n) is 3.03. The third-order valence-electron chi connectivity index (χ3n) is 4.59. The molecule has 0 saturated carbocycles. The van der Waals surface area contributed by atoms with Crippen molar-refractivity contribution in [2.24, 2.45) is 0 Å². The van der Waals surface area contributed by atoms with Crippen LogP contribution in [0.5, 0.6) is 0 Å². The summed E-state index contributed by atoms with van der Waals surface area (Å²) >= 11 is 7.47. The van der Waals surface area contributed by atoms with E-state index in [-0.39, 0.29) is 27.7 Å².